The Morgan fingerprint density at radius 1 is 0.935 bits per heavy atom. The third-order valence-electron chi connectivity index (χ3n) is 4.56. The van der Waals surface area contributed by atoms with E-state index < -0.39 is 16.1 Å². The van der Waals surface area contributed by atoms with Crippen molar-refractivity contribution in [3.05, 3.63) is 78.6 Å². The number of ether oxygens (including phenoxy) is 1. The number of carbonyl (C=O) groups is 1. The van der Waals surface area contributed by atoms with Crippen LogP contribution in [-0.4, -0.2) is 25.4 Å². The summed E-state index contributed by atoms with van der Waals surface area (Å²) in [4.78, 5) is 16.5. The number of benzene rings is 2. The Bertz CT molecular complexity index is 1130. The molecule has 0 bridgehead atoms. The van der Waals surface area contributed by atoms with Crippen LogP contribution in [0.3, 0.4) is 0 Å². The zero-order chi connectivity index (χ0) is 22.4. The molecule has 0 saturated heterocycles. The number of carbonyl (C=O) groups excluding carboxylic acids is 1. The van der Waals surface area contributed by atoms with Crippen LogP contribution >= 0.6 is 0 Å². The van der Waals surface area contributed by atoms with Crippen molar-refractivity contribution < 1.29 is 17.9 Å². The Morgan fingerprint density at radius 3 is 2.29 bits per heavy atom. The second-order valence-electron chi connectivity index (χ2n) is 7.31. The number of hydrogen-bond donors (Lipinski definition) is 2. The summed E-state index contributed by atoms with van der Waals surface area (Å²) in [5.41, 5.74) is 1.86. The average Bonchev–Trinajstić information content (AvgIpc) is 2.74. The summed E-state index contributed by atoms with van der Waals surface area (Å²) in [6, 6.07) is 16.8. The number of nitrogens with one attached hydrogen (secondary N) is 2. The van der Waals surface area contributed by atoms with Crippen molar-refractivity contribution in [2.24, 2.45) is 0 Å². The third-order valence-corrected chi connectivity index (χ3v) is 5.96. The minimum Gasteiger partial charge on any atom is -0.481 e. The molecule has 3 rings (SSSR count). The van der Waals surface area contributed by atoms with Crippen molar-refractivity contribution in [1.82, 2.24) is 4.98 Å². The molecule has 0 aliphatic heterocycles. The Kier molecular flexibility index (Phi) is 6.91. The van der Waals surface area contributed by atoms with Crippen LogP contribution in [-0.2, 0) is 14.8 Å². The molecule has 0 radical (unpaired) electrons. The van der Waals surface area contributed by atoms with Crippen molar-refractivity contribution in [1.29, 1.82) is 0 Å². The van der Waals surface area contributed by atoms with Crippen molar-refractivity contribution in [3.63, 3.8) is 0 Å². The first-order valence-corrected chi connectivity index (χ1v) is 11.3. The smallest absolute Gasteiger partial charge is 0.265 e. The van der Waals surface area contributed by atoms with E-state index in [1.807, 2.05) is 24.3 Å². The van der Waals surface area contributed by atoms with Gasteiger partial charge < -0.3 is 10.1 Å². The Balaban J connectivity index is 1.65. The van der Waals surface area contributed by atoms with E-state index in [2.05, 4.69) is 28.9 Å². The van der Waals surface area contributed by atoms with Crippen LogP contribution in [0.1, 0.15) is 32.3 Å². The molecule has 31 heavy (non-hydrogen) atoms. The number of aromatic nitrogens is 1. The SMILES string of the molecule is CC(C)c1ccccc1O[C@H](C)C(=O)Nc1ccc(S(=O)(=O)Nc2cccnc2)cc1. The van der Waals surface area contributed by atoms with Gasteiger partial charge in [0.2, 0.25) is 0 Å². The zero-order valence-electron chi connectivity index (χ0n) is 17.6. The fourth-order valence-corrected chi connectivity index (χ4v) is 3.95. The highest BCUT2D eigenvalue weighted by Crippen LogP contribution is 2.27. The molecule has 1 heterocycles. The molecule has 0 aliphatic carbocycles. The number of nitrogens with zero attached hydrogens (tertiary/aromatic N) is 1. The van der Waals surface area contributed by atoms with E-state index in [1.54, 1.807) is 25.3 Å². The van der Waals surface area contributed by atoms with Crippen LogP contribution in [0.15, 0.2) is 78.0 Å². The molecule has 0 saturated carbocycles. The van der Waals surface area contributed by atoms with E-state index in [0.29, 0.717) is 17.1 Å². The van der Waals surface area contributed by atoms with Crippen LogP contribution in [0.4, 0.5) is 11.4 Å². The lowest BCUT2D eigenvalue weighted by atomic mass is 10.0. The summed E-state index contributed by atoms with van der Waals surface area (Å²) in [7, 11) is -3.76. The highest BCUT2D eigenvalue weighted by molar-refractivity contribution is 7.92. The first-order valence-electron chi connectivity index (χ1n) is 9.85. The molecule has 1 atom stereocenters. The molecule has 0 spiro atoms. The summed E-state index contributed by atoms with van der Waals surface area (Å²) in [5.74, 6) is 0.604. The fourth-order valence-electron chi connectivity index (χ4n) is 2.91. The van der Waals surface area contributed by atoms with E-state index in [4.69, 9.17) is 4.74 Å². The predicted octanol–water partition coefficient (Wildman–Crippen LogP) is 4.41. The summed E-state index contributed by atoms with van der Waals surface area (Å²) in [5, 5.41) is 2.75. The van der Waals surface area contributed by atoms with Crippen LogP contribution in [0.2, 0.25) is 0 Å². The standard InChI is InChI=1S/C23H25N3O4S/c1-16(2)21-8-4-5-9-22(21)30-17(3)23(27)25-18-10-12-20(13-11-18)31(28,29)26-19-7-6-14-24-15-19/h4-17,26H,1-3H3,(H,25,27)/t17-/m1/s1. The van der Waals surface area contributed by atoms with E-state index in [0.717, 1.165) is 5.56 Å². The normalized spacial score (nSPS) is 12.3. The van der Waals surface area contributed by atoms with Gasteiger partial charge in [0.25, 0.3) is 15.9 Å². The van der Waals surface area contributed by atoms with Gasteiger partial charge in [0.1, 0.15) is 5.75 Å². The lowest BCUT2D eigenvalue weighted by Gasteiger charge is -2.18. The van der Waals surface area contributed by atoms with Gasteiger partial charge in [0, 0.05) is 11.9 Å². The van der Waals surface area contributed by atoms with Gasteiger partial charge in [-0.15, -0.1) is 0 Å². The Morgan fingerprint density at radius 2 is 1.65 bits per heavy atom. The maximum Gasteiger partial charge on any atom is 0.265 e. The van der Waals surface area contributed by atoms with E-state index >= 15 is 0 Å². The topological polar surface area (TPSA) is 97.4 Å². The number of rotatable bonds is 8. The van der Waals surface area contributed by atoms with Crippen LogP contribution in [0, 0.1) is 0 Å². The molecule has 2 N–H and O–H groups in total. The van der Waals surface area contributed by atoms with Gasteiger partial charge in [0.05, 0.1) is 16.8 Å². The molecule has 162 valence electrons. The lowest BCUT2D eigenvalue weighted by molar-refractivity contribution is -0.122. The minimum atomic E-state index is -3.76. The van der Waals surface area contributed by atoms with Crippen molar-refractivity contribution in [2.45, 2.75) is 37.7 Å². The molecule has 7 nitrogen and oxygen atoms in total. The number of pyridine rings is 1. The van der Waals surface area contributed by atoms with E-state index in [9.17, 15) is 13.2 Å². The van der Waals surface area contributed by atoms with Gasteiger partial charge in [-0.25, -0.2) is 8.42 Å². The van der Waals surface area contributed by atoms with Crippen LogP contribution in [0.5, 0.6) is 5.75 Å². The van der Waals surface area contributed by atoms with E-state index in [1.165, 1.54) is 30.5 Å². The van der Waals surface area contributed by atoms with Crippen LogP contribution in [0.25, 0.3) is 0 Å². The quantitative estimate of drug-likeness (QED) is 0.542. The number of hydrogen-bond acceptors (Lipinski definition) is 5. The number of sulfonamides is 1. The van der Waals surface area contributed by atoms with Crippen LogP contribution < -0.4 is 14.8 Å². The first-order chi connectivity index (χ1) is 14.8. The highest BCUT2D eigenvalue weighted by atomic mass is 32.2. The van der Waals surface area contributed by atoms with Gasteiger partial charge in [-0.2, -0.15) is 0 Å². The molecule has 0 fully saturated rings. The molecular formula is C23H25N3O4S. The van der Waals surface area contributed by atoms with Crippen molar-refractivity contribution >= 4 is 27.3 Å². The summed E-state index contributed by atoms with van der Waals surface area (Å²) >= 11 is 0. The summed E-state index contributed by atoms with van der Waals surface area (Å²) in [6.07, 6.45) is 2.25. The highest BCUT2D eigenvalue weighted by Gasteiger charge is 2.18. The number of para-hydroxylation sites is 1. The lowest BCUT2D eigenvalue weighted by Crippen LogP contribution is -2.30. The predicted molar refractivity (Wildman–Crippen MR) is 121 cm³/mol. The van der Waals surface area contributed by atoms with Gasteiger partial charge in [-0.05, 0) is 60.9 Å². The summed E-state index contributed by atoms with van der Waals surface area (Å²) < 4.78 is 33.3. The second kappa shape index (κ2) is 9.61. The minimum absolute atomic E-state index is 0.0736. The summed E-state index contributed by atoms with van der Waals surface area (Å²) in [6.45, 7) is 5.79. The third kappa shape index (κ3) is 5.82. The molecule has 1 amide bonds. The van der Waals surface area contributed by atoms with Gasteiger partial charge in [-0.1, -0.05) is 32.0 Å². The largest absolute Gasteiger partial charge is 0.481 e. The molecule has 0 aliphatic rings. The first kappa shape index (κ1) is 22.3. The van der Waals surface area contributed by atoms with Crippen molar-refractivity contribution in [3.8, 4) is 5.75 Å². The Labute approximate surface area is 182 Å². The van der Waals surface area contributed by atoms with Crippen molar-refractivity contribution in [2.75, 3.05) is 10.0 Å². The molecular weight excluding hydrogens is 414 g/mol. The number of amides is 1. The van der Waals surface area contributed by atoms with Gasteiger partial charge in [0.15, 0.2) is 6.10 Å². The molecule has 8 heteroatoms. The molecule has 1 aromatic heterocycles. The Hall–Kier alpha value is -3.39. The zero-order valence-corrected chi connectivity index (χ0v) is 18.4. The maximum absolute atomic E-state index is 12.5. The van der Waals surface area contributed by atoms with E-state index in [-0.39, 0.29) is 16.7 Å². The van der Waals surface area contributed by atoms with Gasteiger partial charge >= 0.3 is 0 Å². The fraction of sp³-hybridized carbons (Fsp3) is 0.217. The van der Waals surface area contributed by atoms with Gasteiger partial charge in [-0.3, -0.25) is 14.5 Å². The maximum atomic E-state index is 12.5. The molecule has 2 aromatic carbocycles. The number of anilines is 2. The molecule has 3 aromatic rings. The average molecular weight is 440 g/mol. The second-order valence-corrected chi connectivity index (χ2v) is 9.00. The molecule has 0 unspecified atom stereocenters. The monoisotopic (exact) mass is 439 g/mol.